The first-order valence-corrected chi connectivity index (χ1v) is 8.05. The molecule has 1 saturated carbocycles. The van der Waals surface area contributed by atoms with Crippen LogP contribution in [-0.2, 0) is 9.59 Å². The number of carbonyl (C=O) groups is 2. The third-order valence-corrected chi connectivity index (χ3v) is 3.77. The van der Waals surface area contributed by atoms with Crippen molar-refractivity contribution in [3.8, 4) is 5.75 Å². The molecule has 1 aliphatic carbocycles. The minimum absolute atomic E-state index is 0.0410. The van der Waals surface area contributed by atoms with Crippen molar-refractivity contribution < 1.29 is 14.3 Å². The van der Waals surface area contributed by atoms with Gasteiger partial charge in [-0.3, -0.25) is 9.59 Å². The van der Waals surface area contributed by atoms with E-state index in [1.54, 1.807) is 43.3 Å². The second kappa shape index (κ2) is 7.17. The summed E-state index contributed by atoms with van der Waals surface area (Å²) in [4.78, 5) is 24.0. The SMILES string of the molecule is CC(Oc1ccccc1)C(=O)Nc1cccc(NC(=O)C2CC2)c1. The van der Waals surface area contributed by atoms with Gasteiger partial charge in [0.15, 0.2) is 6.10 Å². The van der Waals surface area contributed by atoms with Crippen LogP contribution in [0.1, 0.15) is 19.8 Å². The number of hydrogen-bond acceptors (Lipinski definition) is 3. The maximum atomic E-state index is 12.2. The van der Waals surface area contributed by atoms with Crippen molar-refractivity contribution in [3.05, 3.63) is 54.6 Å². The normalized spacial score (nSPS) is 14.5. The van der Waals surface area contributed by atoms with E-state index >= 15 is 0 Å². The molecule has 1 aliphatic rings. The Kier molecular flexibility index (Phi) is 4.79. The molecule has 5 heteroatoms. The fourth-order valence-electron chi connectivity index (χ4n) is 2.27. The Morgan fingerprint density at radius 2 is 1.67 bits per heavy atom. The number of rotatable bonds is 6. The monoisotopic (exact) mass is 324 g/mol. The molecule has 1 unspecified atom stereocenters. The van der Waals surface area contributed by atoms with Crippen molar-refractivity contribution in [2.75, 3.05) is 10.6 Å². The number of anilines is 2. The van der Waals surface area contributed by atoms with Crippen LogP contribution in [0.5, 0.6) is 5.75 Å². The van der Waals surface area contributed by atoms with Gasteiger partial charge >= 0.3 is 0 Å². The number of benzene rings is 2. The smallest absolute Gasteiger partial charge is 0.265 e. The van der Waals surface area contributed by atoms with E-state index in [9.17, 15) is 9.59 Å². The van der Waals surface area contributed by atoms with Crippen LogP contribution in [0.25, 0.3) is 0 Å². The number of para-hydroxylation sites is 1. The second-order valence-electron chi connectivity index (χ2n) is 5.91. The van der Waals surface area contributed by atoms with Crippen molar-refractivity contribution in [1.29, 1.82) is 0 Å². The fourth-order valence-corrected chi connectivity index (χ4v) is 2.27. The maximum absolute atomic E-state index is 12.2. The summed E-state index contributed by atoms with van der Waals surface area (Å²) in [5.41, 5.74) is 1.30. The van der Waals surface area contributed by atoms with Gasteiger partial charge in [-0.2, -0.15) is 0 Å². The van der Waals surface area contributed by atoms with Crippen molar-refractivity contribution in [2.45, 2.75) is 25.9 Å². The average Bonchev–Trinajstić information content (AvgIpc) is 3.41. The molecular weight excluding hydrogens is 304 g/mol. The molecule has 2 aromatic carbocycles. The van der Waals surface area contributed by atoms with Crippen LogP contribution in [0, 0.1) is 5.92 Å². The van der Waals surface area contributed by atoms with Crippen molar-refractivity contribution in [1.82, 2.24) is 0 Å². The van der Waals surface area contributed by atoms with Gasteiger partial charge in [-0.15, -0.1) is 0 Å². The first kappa shape index (κ1) is 16.1. The highest BCUT2D eigenvalue weighted by Crippen LogP contribution is 2.30. The van der Waals surface area contributed by atoms with E-state index in [-0.39, 0.29) is 17.7 Å². The second-order valence-corrected chi connectivity index (χ2v) is 5.91. The summed E-state index contributed by atoms with van der Waals surface area (Å²) in [6, 6.07) is 16.3. The Labute approximate surface area is 141 Å². The third-order valence-electron chi connectivity index (χ3n) is 3.77. The summed E-state index contributed by atoms with van der Waals surface area (Å²) in [6.07, 6.45) is 1.28. The highest BCUT2D eigenvalue weighted by molar-refractivity contribution is 5.97. The minimum Gasteiger partial charge on any atom is -0.481 e. The molecule has 0 bridgehead atoms. The van der Waals surface area contributed by atoms with Crippen LogP contribution in [-0.4, -0.2) is 17.9 Å². The minimum atomic E-state index is -0.628. The predicted octanol–water partition coefficient (Wildman–Crippen LogP) is 3.44. The standard InChI is InChI=1S/C19H20N2O3/c1-13(24-17-8-3-2-4-9-17)18(22)20-15-6-5-7-16(12-15)21-19(23)14-10-11-14/h2-9,12-14H,10-11H2,1H3,(H,20,22)(H,21,23). The van der Waals surface area contributed by atoms with Crippen LogP contribution < -0.4 is 15.4 Å². The molecule has 24 heavy (non-hydrogen) atoms. The van der Waals surface area contributed by atoms with E-state index < -0.39 is 6.10 Å². The molecule has 0 spiro atoms. The van der Waals surface area contributed by atoms with Crippen LogP contribution in [0.2, 0.25) is 0 Å². The third kappa shape index (κ3) is 4.35. The van der Waals surface area contributed by atoms with E-state index in [0.29, 0.717) is 17.1 Å². The van der Waals surface area contributed by atoms with Crippen LogP contribution in [0.4, 0.5) is 11.4 Å². The van der Waals surface area contributed by atoms with Gasteiger partial charge in [0.1, 0.15) is 5.75 Å². The first-order valence-electron chi connectivity index (χ1n) is 8.05. The Bertz CT molecular complexity index is 726. The zero-order valence-corrected chi connectivity index (χ0v) is 13.5. The Morgan fingerprint density at radius 1 is 1.00 bits per heavy atom. The lowest BCUT2D eigenvalue weighted by molar-refractivity contribution is -0.122. The van der Waals surface area contributed by atoms with Gasteiger partial charge in [0.05, 0.1) is 0 Å². The van der Waals surface area contributed by atoms with E-state index in [4.69, 9.17) is 4.74 Å². The van der Waals surface area contributed by atoms with Crippen molar-refractivity contribution in [2.24, 2.45) is 5.92 Å². The summed E-state index contributed by atoms with van der Waals surface area (Å²) in [6.45, 7) is 1.70. The fraction of sp³-hybridized carbons (Fsp3) is 0.263. The summed E-state index contributed by atoms with van der Waals surface area (Å²) in [7, 11) is 0. The zero-order valence-electron chi connectivity index (χ0n) is 13.5. The lowest BCUT2D eigenvalue weighted by atomic mass is 10.2. The molecule has 2 aromatic rings. The first-order chi connectivity index (χ1) is 11.6. The largest absolute Gasteiger partial charge is 0.481 e. The molecule has 0 radical (unpaired) electrons. The Balaban J connectivity index is 1.58. The summed E-state index contributed by atoms with van der Waals surface area (Å²) in [5.74, 6) is 0.580. The molecule has 1 atom stereocenters. The Hall–Kier alpha value is -2.82. The van der Waals surface area contributed by atoms with Crippen molar-refractivity contribution in [3.63, 3.8) is 0 Å². The molecule has 2 N–H and O–H groups in total. The summed E-state index contributed by atoms with van der Waals surface area (Å²) < 4.78 is 5.60. The molecule has 0 saturated heterocycles. The van der Waals surface area contributed by atoms with E-state index in [1.807, 2.05) is 18.2 Å². The summed E-state index contributed by atoms with van der Waals surface area (Å²) >= 11 is 0. The van der Waals surface area contributed by atoms with Crippen LogP contribution >= 0.6 is 0 Å². The number of hydrogen-bond donors (Lipinski definition) is 2. The van der Waals surface area contributed by atoms with Crippen LogP contribution in [0.15, 0.2) is 54.6 Å². The molecule has 0 aromatic heterocycles. The molecule has 0 heterocycles. The molecule has 124 valence electrons. The zero-order chi connectivity index (χ0) is 16.9. The molecule has 0 aliphatic heterocycles. The lowest BCUT2D eigenvalue weighted by Gasteiger charge is -2.15. The average molecular weight is 324 g/mol. The highest BCUT2D eigenvalue weighted by atomic mass is 16.5. The van der Waals surface area contributed by atoms with Gasteiger partial charge in [-0.1, -0.05) is 24.3 Å². The lowest BCUT2D eigenvalue weighted by Crippen LogP contribution is -2.30. The predicted molar refractivity (Wildman–Crippen MR) is 93.0 cm³/mol. The van der Waals surface area contributed by atoms with Gasteiger partial charge < -0.3 is 15.4 Å². The van der Waals surface area contributed by atoms with Gasteiger partial charge in [-0.05, 0) is 50.1 Å². The molecular formula is C19H20N2O3. The topological polar surface area (TPSA) is 67.4 Å². The number of nitrogens with one attached hydrogen (secondary N) is 2. The van der Waals surface area contributed by atoms with Gasteiger partial charge in [0, 0.05) is 17.3 Å². The molecule has 5 nitrogen and oxygen atoms in total. The number of ether oxygens (including phenoxy) is 1. The van der Waals surface area contributed by atoms with E-state index in [2.05, 4.69) is 10.6 Å². The molecule has 1 fully saturated rings. The quantitative estimate of drug-likeness (QED) is 0.855. The number of carbonyl (C=O) groups excluding carboxylic acids is 2. The molecule has 3 rings (SSSR count). The Morgan fingerprint density at radius 3 is 2.33 bits per heavy atom. The molecule has 2 amide bonds. The van der Waals surface area contributed by atoms with E-state index in [0.717, 1.165) is 12.8 Å². The van der Waals surface area contributed by atoms with Gasteiger partial charge in [0.2, 0.25) is 5.91 Å². The van der Waals surface area contributed by atoms with Crippen molar-refractivity contribution >= 4 is 23.2 Å². The van der Waals surface area contributed by atoms with Gasteiger partial charge in [-0.25, -0.2) is 0 Å². The van der Waals surface area contributed by atoms with E-state index in [1.165, 1.54) is 0 Å². The number of amides is 2. The summed E-state index contributed by atoms with van der Waals surface area (Å²) in [5, 5.41) is 5.67. The van der Waals surface area contributed by atoms with Crippen LogP contribution in [0.3, 0.4) is 0 Å². The van der Waals surface area contributed by atoms with Gasteiger partial charge in [0.25, 0.3) is 5.91 Å². The highest BCUT2D eigenvalue weighted by Gasteiger charge is 2.29. The maximum Gasteiger partial charge on any atom is 0.265 e.